The summed E-state index contributed by atoms with van der Waals surface area (Å²) >= 11 is 12.2. The minimum atomic E-state index is 0.295. The Kier molecular flexibility index (Phi) is 5.14. The fourth-order valence-electron chi connectivity index (χ4n) is 4.56. The number of anilines is 1. The molecule has 2 aliphatic rings. The lowest BCUT2D eigenvalue weighted by atomic mass is 9.76. The third kappa shape index (κ3) is 3.66. The number of rotatable bonds is 3. The van der Waals surface area contributed by atoms with Crippen LogP contribution in [0, 0.1) is 12.8 Å². The smallest absolute Gasteiger partial charge is 0.0630 e. The van der Waals surface area contributed by atoms with Crippen LogP contribution in [0.25, 0.3) is 0 Å². The molecule has 0 aromatic heterocycles. The molecule has 1 N–H and O–H groups in total. The molecule has 3 aromatic carbocycles. The number of benzene rings is 3. The van der Waals surface area contributed by atoms with Gasteiger partial charge in [0, 0.05) is 28.4 Å². The summed E-state index contributed by atoms with van der Waals surface area (Å²) in [7, 11) is 0. The molecule has 0 amide bonds. The molecule has 0 unspecified atom stereocenters. The van der Waals surface area contributed by atoms with Gasteiger partial charge in [0.2, 0.25) is 0 Å². The van der Waals surface area contributed by atoms with Gasteiger partial charge in [-0.25, -0.2) is 0 Å². The Bertz CT molecular complexity index is 1150. The van der Waals surface area contributed by atoms with Crippen molar-refractivity contribution in [3.63, 3.8) is 0 Å². The molecule has 1 aliphatic heterocycles. The van der Waals surface area contributed by atoms with Crippen LogP contribution in [0.2, 0.25) is 10.0 Å². The van der Waals surface area contributed by atoms with E-state index in [1.54, 1.807) is 12.3 Å². The molecule has 0 radical (unpaired) electrons. The molecular formula is C26H22Cl2N2. The molecule has 3 atom stereocenters. The third-order valence-electron chi connectivity index (χ3n) is 6.09. The van der Waals surface area contributed by atoms with Crippen molar-refractivity contribution >= 4 is 40.8 Å². The largest absolute Gasteiger partial charge is 0.378 e. The number of aryl methyl sites for hydroxylation is 1. The second-order valence-corrected chi connectivity index (χ2v) is 8.93. The number of allylic oxidation sites excluding steroid dienone is 2. The molecule has 0 spiro atoms. The van der Waals surface area contributed by atoms with E-state index in [1.165, 1.54) is 22.4 Å². The van der Waals surface area contributed by atoms with Crippen LogP contribution in [0.3, 0.4) is 0 Å². The van der Waals surface area contributed by atoms with E-state index in [4.69, 9.17) is 23.2 Å². The topological polar surface area (TPSA) is 24.4 Å². The first-order chi connectivity index (χ1) is 14.6. The molecule has 0 saturated heterocycles. The standard InChI is InChI=1S/C26H22Cl2N2/c1-16-5-12-25-23(13-16)21-3-2-4-22(21)26(30-25)17-7-10-20(11-8-17)29-15-18-6-9-19(27)14-24(18)28/h2-3,5-15,21-22,26,30H,4H2,1H3/t21-,22-,26-/m1/s1. The maximum atomic E-state index is 6.24. The SMILES string of the molecule is Cc1ccc2c(c1)[C@@H]1C=CC[C@H]1[C@@H](c1ccc(N=Cc3ccc(Cl)cc3Cl)cc1)N2. The molecule has 1 aliphatic carbocycles. The lowest BCUT2D eigenvalue weighted by Gasteiger charge is -2.37. The number of hydrogen-bond acceptors (Lipinski definition) is 2. The summed E-state index contributed by atoms with van der Waals surface area (Å²) in [6.07, 6.45) is 7.59. The highest BCUT2D eigenvalue weighted by Gasteiger charge is 2.37. The summed E-state index contributed by atoms with van der Waals surface area (Å²) in [5, 5.41) is 5.02. The van der Waals surface area contributed by atoms with Crippen molar-refractivity contribution in [2.75, 3.05) is 5.32 Å². The first-order valence-electron chi connectivity index (χ1n) is 10.2. The average molecular weight is 433 g/mol. The fourth-order valence-corrected chi connectivity index (χ4v) is 5.02. The van der Waals surface area contributed by atoms with Crippen LogP contribution in [-0.4, -0.2) is 6.21 Å². The zero-order valence-corrected chi connectivity index (χ0v) is 18.2. The first-order valence-corrected chi connectivity index (χ1v) is 11.0. The van der Waals surface area contributed by atoms with Crippen molar-refractivity contribution in [3.8, 4) is 0 Å². The Morgan fingerprint density at radius 1 is 1.00 bits per heavy atom. The van der Waals surface area contributed by atoms with E-state index in [0.717, 1.165) is 17.7 Å². The molecule has 5 rings (SSSR count). The highest BCUT2D eigenvalue weighted by atomic mass is 35.5. The Labute approximate surface area is 187 Å². The molecule has 2 nitrogen and oxygen atoms in total. The highest BCUT2D eigenvalue weighted by molar-refractivity contribution is 6.36. The van der Waals surface area contributed by atoms with Crippen LogP contribution in [0.1, 0.15) is 40.6 Å². The van der Waals surface area contributed by atoms with Gasteiger partial charge in [-0.05, 0) is 60.7 Å². The van der Waals surface area contributed by atoms with Crippen molar-refractivity contribution in [2.45, 2.75) is 25.3 Å². The van der Waals surface area contributed by atoms with Gasteiger partial charge in [0.25, 0.3) is 0 Å². The molecule has 4 heteroatoms. The molecule has 3 aromatic rings. The number of nitrogens with zero attached hydrogens (tertiary/aromatic N) is 1. The van der Waals surface area contributed by atoms with E-state index in [0.29, 0.717) is 27.9 Å². The van der Waals surface area contributed by atoms with Crippen LogP contribution >= 0.6 is 23.2 Å². The number of nitrogens with one attached hydrogen (secondary N) is 1. The van der Waals surface area contributed by atoms with Gasteiger partial charge in [0.1, 0.15) is 0 Å². The zero-order valence-electron chi connectivity index (χ0n) is 16.6. The molecule has 150 valence electrons. The lowest BCUT2D eigenvalue weighted by Crippen LogP contribution is -2.29. The maximum Gasteiger partial charge on any atom is 0.0630 e. The van der Waals surface area contributed by atoms with E-state index in [1.807, 2.05) is 12.1 Å². The van der Waals surface area contributed by atoms with Crippen molar-refractivity contribution in [1.82, 2.24) is 0 Å². The van der Waals surface area contributed by atoms with Crippen LogP contribution in [0.15, 0.2) is 77.8 Å². The zero-order chi connectivity index (χ0) is 20.7. The normalized spacial score (nSPS) is 22.0. The van der Waals surface area contributed by atoms with Gasteiger partial charge >= 0.3 is 0 Å². The molecule has 0 saturated carbocycles. The van der Waals surface area contributed by atoms with Crippen LogP contribution in [0.5, 0.6) is 0 Å². The van der Waals surface area contributed by atoms with E-state index >= 15 is 0 Å². The molecule has 0 fully saturated rings. The van der Waals surface area contributed by atoms with Gasteiger partial charge in [-0.3, -0.25) is 4.99 Å². The number of fused-ring (bicyclic) bond motifs is 3. The quantitative estimate of drug-likeness (QED) is 0.330. The van der Waals surface area contributed by atoms with Gasteiger partial charge in [0.15, 0.2) is 0 Å². The molecule has 0 bridgehead atoms. The third-order valence-corrected chi connectivity index (χ3v) is 6.65. The molecular weight excluding hydrogens is 411 g/mol. The van der Waals surface area contributed by atoms with Crippen molar-refractivity contribution in [2.24, 2.45) is 10.9 Å². The predicted molar refractivity (Wildman–Crippen MR) is 128 cm³/mol. The molecule has 1 heterocycles. The van der Waals surface area contributed by atoms with Crippen LogP contribution in [-0.2, 0) is 0 Å². The van der Waals surface area contributed by atoms with E-state index in [-0.39, 0.29) is 0 Å². The number of hydrogen-bond donors (Lipinski definition) is 1. The fraction of sp³-hybridized carbons (Fsp3) is 0.192. The Morgan fingerprint density at radius 3 is 2.63 bits per heavy atom. The Hall–Kier alpha value is -2.55. The van der Waals surface area contributed by atoms with E-state index in [9.17, 15) is 0 Å². The monoisotopic (exact) mass is 432 g/mol. The summed E-state index contributed by atoms with van der Waals surface area (Å²) < 4.78 is 0. The molecule has 30 heavy (non-hydrogen) atoms. The van der Waals surface area contributed by atoms with Crippen LogP contribution < -0.4 is 5.32 Å². The lowest BCUT2D eigenvalue weighted by molar-refractivity contribution is 0.425. The number of halogens is 2. The average Bonchev–Trinajstić information content (AvgIpc) is 3.23. The van der Waals surface area contributed by atoms with Gasteiger partial charge in [-0.1, -0.05) is 71.2 Å². The summed E-state index contributed by atoms with van der Waals surface area (Å²) in [6, 6.07) is 20.9. The van der Waals surface area contributed by atoms with E-state index < -0.39 is 0 Å². The highest BCUT2D eigenvalue weighted by Crippen LogP contribution is 2.50. The first kappa shape index (κ1) is 19.4. The van der Waals surface area contributed by atoms with Crippen LogP contribution in [0.4, 0.5) is 11.4 Å². The van der Waals surface area contributed by atoms with Crippen molar-refractivity contribution < 1.29 is 0 Å². The maximum absolute atomic E-state index is 6.24. The summed E-state index contributed by atoms with van der Waals surface area (Å²) in [5.41, 5.74) is 7.03. The summed E-state index contributed by atoms with van der Waals surface area (Å²) in [6.45, 7) is 2.16. The summed E-state index contributed by atoms with van der Waals surface area (Å²) in [4.78, 5) is 4.58. The Balaban J connectivity index is 1.39. The predicted octanol–water partition coefficient (Wildman–Crippen LogP) is 7.88. The van der Waals surface area contributed by atoms with Crippen molar-refractivity contribution in [3.05, 3.63) is 105 Å². The minimum absolute atomic E-state index is 0.295. The van der Waals surface area contributed by atoms with Gasteiger partial charge < -0.3 is 5.32 Å². The van der Waals surface area contributed by atoms with Gasteiger partial charge in [0.05, 0.1) is 16.8 Å². The van der Waals surface area contributed by atoms with E-state index in [2.05, 4.69) is 71.8 Å². The number of aliphatic imine (C=N–C) groups is 1. The summed E-state index contributed by atoms with van der Waals surface area (Å²) in [5.74, 6) is 1.03. The second-order valence-electron chi connectivity index (χ2n) is 8.08. The minimum Gasteiger partial charge on any atom is -0.378 e. The second kappa shape index (κ2) is 7.94. The Morgan fingerprint density at radius 2 is 1.83 bits per heavy atom. The van der Waals surface area contributed by atoms with Crippen molar-refractivity contribution in [1.29, 1.82) is 0 Å². The van der Waals surface area contributed by atoms with Gasteiger partial charge in [-0.2, -0.15) is 0 Å². The van der Waals surface area contributed by atoms with Gasteiger partial charge in [-0.15, -0.1) is 0 Å².